The Balaban J connectivity index is 2.05. The lowest BCUT2D eigenvalue weighted by molar-refractivity contribution is 0.370. The van der Waals surface area contributed by atoms with Gasteiger partial charge < -0.3 is 10.2 Å². The number of nitrogens with zero attached hydrogens (tertiary/aromatic N) is 3. The van der Waals surface area contributed by atoms with Gasteiger partial charge in [0.05, 0.1) is 18.2 Å². The van der Waals surface area contributed by atoms with Gasteiger partial charge in [-0.15, -0.1) is 0 Å². The number of hydrogen-bond donors (Lipinski definition) is 1. The van der Waals surface area contributed by atoms with Crippen molar-refractivity contribution in [3.05, 3.63) is 35.4 Å². The van der Waals surface area contributed by atoms with Gasteiger partial charge in [-0.25, -0.2) is 4.99 Å². The van der Waals surface area contributed by atoms with Crippen LogP contribution in [0.15, 0.2) is 29.3 Å². The fourth-order valence-electron chi connectivity index (χ4n) is 2.57. The Morgan fingerprint density at radius 1 is 1.38 bits per heavy atom. The van der Waals surface area contributed by atoms with Crippen LogP contribution in [0.2, 0.25) is 0 Å². The summed E-state index contributed by atoms with van der Waals surface area (Å²) in [6.45, 7) is 10.3. The molecule has 4 heteroatoms. The van der Waals surface area contributed by atoms with Crippen molar-refractivity contribution in [3.63, 3.8) is 0 Å². The molecule has 0 spiro atoms. The SMILES string of the molecule is CCNC(=NCc1ccc(C#N)cc1)N1CCC(C)(C)C1. The van der Waals surface area contributed by atoms with Gasteiger partial charge in [0, 0.05) is 19.6 Å². The summed E-state index contributed by atoms with van der Waals surface area (Å²) in [4.78, 5) is 7.08. The van der Waals surface area contributed by atoms with Crippen molar-refractivity contribution in [3.8, 4) is 6.07 Å². The lowest BCUT2D eigenvalue weighted by Crippen LogP contribution is -2.40. The van der Waals surface area contributed by atoms with Gasteiger partial charge >= 0.3 is 0 Å². The molecular formula is C17H24N4. The first-order chi connectivity index (χ1) is 10.0. The third-order valence-electron chi connectivity index (χ3n) is 3.81. The van der Waals surface area contributed by atoms with Crippen molar-refractivity contribution < 1.29 is 0 Å². The van der Waals surface area contributed by atoms with Gasteiger partial charge in [-0.2, -0.15) is 5.26 Å². The predicted molar refractivity (Wildman–Crippen MR) is 85.9 cm³/mol. The molecule has 1 fully saturated rings. The standard InChI is InChI=1S/C17H24N4/c1-4-19-16(21-10-9-17(2,3)13-21)20-12-15-7-5-14(11-18)6-8-15/h5-8H,4,9-10,12-13H2,1-3H3,(H,19,20). The van der Waals surface area contributed by atoms with Crippen LogP contribution in [0, 0.1) is 16.7 Å². The maximum Gasteiger partial charge on any atom is 0.194 e. The number of rotatable bonds is 3. The zero-order valence-electron chi connectivity index (χ0n) is 13.2. The van der Waals surface area contributed by atoms with E-state index in [1.54, 1.807) is 0 Å². The van der Waals surface area contributed by atoms with Crippen LogP contribution in [0.5, 0.6) is 0 Å². The average molecular weight is 284 g/mol. The monoisotopic (exact) mass is 284 g/mol. The molecule has 2 rings (SSSR count). The number of guanidine groups is 1. The molecule has 0 aliphatic carbocycles. The minimum absolute atomic E-state index is 0.366. The topological polar surface area (TPSA) is 51.4 Å². The van der Waals surface area contributed by atoms with Gasteiger partial charge in [-0.05, 0) is 36.5 Å². The number of aliphatic imine (C=N–C) groups is 1. The Labute approximate surface area is 127 Å². The second kappa shape index (κ2) is 6.62. The summed E-state index contributed by atoms with van der Waals surface area (Å²) >= 11 is 0. The van der Waals surface area contributed by atoms with Crippen molar-refractivity contribution >= 4 is 5.96 Å². The maximum absolute atomic E-state index is 8.81. The van der Waals surface area contributed by atoms with E-state index >= 15 is 0 Å². The molecule has 1 N–H and O–H groups in total. The molecule has 1 aliphatic rings. The minimum Gasteiger partial charge on any atom is -0.357 e. The predicted octanol–water partition coefficient (Wildman–Crippen LogP) is 2.76. The molecule has 1 saturated heterocycles. The van der Waals surface area contributed by atoms with Crippen LogP contribution in [0.25, 0.3) is 0 Å². The Hall–Kier alpha value is -2.02. The molecule has 1 heterocycles. The molecule has 0 amide bonds. The molecule has 0 radical (unpaired) electrons. The molecule has 1 aliphatic heterocycles. The van der Waals surface area contributed by atoms with E-state index in [1.165, 1.54) is 6.42 Å². The van der Waals surface area contributed by atoms with E-state index in [2.05, 4.69) is 37.1 Å². The van der Waals surface area contributed by atoms with E-state index in [4.69, 9.17) is 10.3 Å². The van der Waals surface area contributed by atoms with Crippen LogP contribution in [0.4, 0.5) is 0 Å². The van der Waals surface area contributed by atoms with Gasteiger partial charge in [-0.3, -0.25) is 0 Å². The molecule has 1 aromatic carbocycles. The van der Waals surface area contributed by atoms with Crippen molar-refractivity contribution in [2.24, 2.45) is 10.4 Å². The van der Waals surface area contributed by atoms with Gasteiger partial charge in [0.2, 0.25) is 0 Å². The van der Waals surface area contributed by atoms with Crippen molar-refractivity contribution in [1.82, 2.24) is 10.2 Å². The number of nitrogens with one attached hydrogen (secondary N) is 1. The minimum atomic E-state index is 0.366. The van der Waals surface area contributed by atoms with E-state index in [9.17, 15) is 0 Å². The summed E-state index contributed by atoms with van der Waals surface area (Å²) in [6.07, 6.45) is 1.20. The summed E-state index contributed by atoms with van der Waals surface area (Å²) in [5.41, 5.74) is 2.18. The highest BCUT2D eigenvalue weighted by atomic mass is 15.3. The first kappa shape index (κ1) is 15.4. The van der Waals surface area contributed by atoms with E-state index in [0.717, 1.165) is 31.2 Å². The molecule has 0 unspecified atom stereocenters. The van der Waals surface area contributed by atoms with Gasteiger partial charge in [-0.1, -0.05) is 26.0 Å². The van der Waals surface area contributed by atoms with Gasteiger partial charge in [0.15, 0.2) is 5.96 Å². The average Bonchev–Trinajstić information content (AvgIpc) is 2.84. The Bertz CT molecular complexity index is 537. The second-order valence-corrected chi connectivity index (χ2v) is 6.31. The number of likely N-dealkylation sites (tertiary alicyclic amines) is 1. The molecule has 0 aromatic heterocycles. The largest absolute Gasteiger partial charge is 0.357 e. The first-order valence-electron chi connectivity index (χ1n) is 7.56. The molecule has 0 atom stereocenters. The molecule has 21 heavy (non-hydrogen) atoms. The Kier molecular flexibility index (Phi) is 4.85. The van der Waals surface area contributed by atoms with Crippen LogP contribution in [0.1, 0.15) is 38.3 Å². The summed E-state index contributed by atoms with van der Waals surface area (Å²) in [6, 6.07) is 9.77. The zero-order valence-corrected chi connectivity index (χ0v) is 13.2. The van der Waals surface area contributed by atoms with E-state index in [1.807, 2.05) is 24.3 Å². The first-order valence-corrected chi connectivity index (χ1v) is 7.56. The van der Waals surface area contributed by atoms with Crippen LogP contribution < -0.4 is 5.32 Å². The van der Waals surface area contributed by atoms with Crippen LogP contribution in [0.3, 0.4) is 0 Å². The van der Waals surface area contributed by atoms with Gasteiger partial charge in [0.25, 0.3) is 0 Å². The normalized spacial score (nSPS) is 17.6. The lowest BCUT2D eigenvalue weighted by atomic mass is 9.93. The van der Waals surface area contributed by atoms with Crippen molar-refractivity contribution in [2.45, 2.75) is 33.7 Å². The molecule has 0 saturated carbocycles. The lowest BCUT2D eigenvalue weighted by Gasteiger charge is -2.23. The maximum atomic E-state index is 8.81. The zero-order chi connectivity index (χ0) is 15.3. The fourth-order valence-corrected chi connectivity index (χ4v) is 2.57. The molecule has 112 valence electrons. The third kappa shape index (κ3) is 4.22. The third-order valence-corrected chi connectivity index (χ3v) is 3.81. The van der Waals surface area contributed by atoms with Crippen molar-refractivity contribution in [1.29, 1.82) is 5.26 Å². The molecule has 1 aromatic rings. The highest BCUT2D eigenvalue weighted by Crippen LogP contribution is 2.28. The van der Waals surface area contributed by atoms with Crippen LogP contribution in [-0.2, 0) is 6.54 Å². The highest BCUT2D eigenvalue weighted by Gasteiger charge is 2.30. The summed E-state index contributed by atoms with van der Waals surface area (Å²) in [5.74, 6) is 0.993. The van der Waals surface area contributed by atoms with Crippen molar-refractivity contribution in [2.75, 3.05) is 19.6 Å². The van der Waals surface area contributed by atoms with Crippen LogP contribution in [-0.4, -0.2) is 30.5 Å². The number of hydrogen-bond acceptors (Lipinski definition) is 2. The Morgan fingerprint density at radius 2 is 2.10 bits per heavy atom. The molecular weight excluding hydrogens is 260 g/mol. The van der Waals surface area contributed by atoms with E-state index < -0.39 is 0 Å². The summed E-state index contributed by atoms with van der Waals surface area (Å²) in [5, 5.41) is 12.2. The van der Waals surface area contributed by atoms with E-state index in [0.29, 0.717) is 17.5 Å². The molecule has 4 nitrogen and oxygen atoms in total. The summed E-state index contributed by atoms with van der Waals surface area (Å²) < 4.78 is 0. The van der Waals surface area contributed by atoms with Gasteiger partial charge in [0.1, 0.15) is 0 Å². The quantitative estimate of drug-likeness (QED) is 0.686. The summed E-state index contributed by atoms with van der Waals surface area (Å²) in [7, 11) is 0. The second-order valence-electron chi connectivity index (χ2n) is 6.31. The molecule has 0 bridgehead atoms. The number of nitriles is 1. The Morgan fingerprint density at radius 3 is 2.62 bits per heavy atom. The van der Waals surface area contributed by atoms with Crippen LogP contribution >= 0.6 is 0 Å². The number of benzene rings is 1. The van der Waals surface area contributed by atoms with E-state index in [-0.39, 0.29) is 0 Å². The fraction of sp³-hybridized carbons (Fsp3) is 0.529. The highest BCUT2D eigenvalue weighted by molar-refractivity contribution is 5.80. The smallest absolute Gasteiger partial charge is 0.194 e.